The fourth-order valence-corrected chi connectivity index (χ4v) is 2.42. The Bertz CT molecular complexity index is 811. The molecule has 27 heavy (non-hydrogen) atoms. The lowest BCUT2D eigenvalue weighted by Crippen LogP contribution is -2.36. The molecular formula is C20H22N4O3. The van der Waals surface area contributed by atoms with Gasteiger partial charge in [0, 0.05) is 11.4 Å². The van der Waals surface area contributed by atoms with Crippen LogP contribution in [-0.4, -0.2) is 44.0 Å². The zero-order valence-corrected chi connectivity index (χ0v) is 15.4. The van der Waals surface area contributed by atoms with Gasteiger partial charge in [-0.3, -0.25) is 14.5 Å². The van der Waals surface area contributed by atoms with E-state index < -0.39 is 0 Å². The van der Waals surface area contributed by atoms with Crippen molar-refractivity contribution in [2.24, 2.45) is 0 Å². The summed E-state index contributed by atoms with van der Waals surface area (Å²) in [7, 11) is 3.28. The van der Waals surface area contributed by atoms with Crippen LogP contribution in [0.3, 0.4) is 0 Å². The lowest BCUT2D eigenvalue weighted by atomic mass is 10.1. The first kappa shape index (κ1) is 19.9. The van der Waals surface area contributed by atoms with Gasteiger partial charge in [0.05, 0.1) is 32.7 Å². The van der Waals surface area contributed by atoms with E-state index in [0.29, 0.717) is 23.5 Å². The van der Waals surface area contributed by atoms with Crippen LogP contribution >= 0.6 is 0 Å². The van der Waals surface area contributed by atoms with Crippen LogP contribution in [0.2, 0.25) is 0 Å². The summed E-state index contributed by atoms with van der Waals surface area (Å²) in [4.78, 5) is 25.8. The molecule has 7 nitrogen and oxygen atoms in total. The minimum absolute atomic E-state index is 0.0793. The van der Waals surface area contributed by atoms with Crippen molar-refractivity contribution < 1.29 is 14.3 Å². The second-order valence-corrected chi connectivity index (χ2v) is 6.03. The predicted molar refractivity (Wildman–Crippen MR) is 104 cm³/mol. The summed E-state index contributed by atoms with van der Waals surface area (Å²) in [6, 6.07) is 16.2. The van der Waals surface area contributed by atoms with Crippen molar-refractivity contribution in [2.75, 3.05) is 37.9 Å². The van der Waals surface area contributed by atoms with Gasteiger partial charge in [-0.2, -0.15) is 5.26 Å². The molecule has 0 atom stereocenters. The van der Waals surface area contributed by atoms with E-state index in [0.717, 1.165) is 5.56 Å². The molecule has 140 valence electrons. The van der Waals surface area contributed by atoms with E-state index in [1.807, 2.05) is 0 Å². The highest BCUT2D eigenvalue weighted by Gasteiger charge is 2.11. The summed E-state index contributed by atoms with van der Waals surface area (Å²) in [6.45, 7) is 0.163. The first-order valence-corrected chi connectivity index (χ1v) is 8.38. The Morgan fingerprint density at radius 1 is 0.963 bits per heavy atom. The predicted octanol–water partition coefficient (Wildman–Crippen LogP) is 2.27. The first-order chi connectivity index (χ1) is 13.0. The maximum atomic E-state index is 12.1. The van der Waals surface area contributed by atoms with Crippen molar-refractivity contribution in [1.29, 1.82) is 5.26 Å². The van der Waals surface area contributed by atoms with E-state index in [2.05, 4.69) is 16.7 Å². The number of carbonyl (C=O) groups excluding carboxylic acids is 2. The van der Waals surface area contributed by atoms with E-state index in [9.17, 15) is 9.59 Å². The van der Waals surface area contributed by atoms with Crippen molar-refractivity contribution in [3.05, 3.63) is 54.1 Å². The first-order valence-electron chi connectivity index (χ1n) is 8.38. The molecule has 0 aromatic heterocycles. The number of benzene rings is 2. The van der Waals surface area contributed by atoms with Crippen LogP contribution in [0.25, 0.3) is 0 Å². The number of methoxy groups -OCH3 is 1. The van der Waals surface area contributed by atoms with Gasteiger partial charge in [-0.05, 0) is 49.0 Å². The summed E-state index contributed by atoms with van der Waals surface area (Å²) in [5, 5.41) is 14.2. The van der Waals surface area contributed by atoms with Gasteiger partial charge < -0.3 is 15.4 Å². The van der Waals surface area contributed by atoms with Crippen molar-refractivity contribution >= 4 is 23.2 Å². The Morgan fingerprint density at radius 2 is 1.44 bits per heavy atom. The molecule has 2 amide bonds. The second kappa shape index (κ2) is 9.94. The van der Waals surface area contributed by atoms with Crippen LogP contribution in [0.5, 0.6) is 5.75 Å². The van der Waals surface area contributed by atoms with Crippen molar-refractivity contribution in [3.63, 3.8) is 0 Å². The van der Waals surface area contributed by atoms with Gasteiger partial charge in [-0.25, -0.2) is 0 Å². The largest absolute Gasteiger partial charge is 0.497 e. The number of likely N-dealkylation sites (N-methyl/N-ethyl adjacent to an activating group) is 1. The number of hydrogen-bond donors (Lipinski definition) is 2. The molecule has 2 aromatic rings. The van der Waals surface area contributed by atoms with Crippen molar-refractivity contribution in [2.45, 2.75) is 6.42 Å². The van der Waals surface area contributed by atoms with E-state index in [1.54, 1.807) is 67.6 Å². The molecule has 0 radical (unpaired) electrons. The molecule has 0 aliphatic rings. The minimum atomic E-state index is -0.220. The monoisotopic (exact) mass is 366 g/mol. The number of carbonyl (C=O) groups is 2. The van der Waals surface area contributed by atoms with Gasteiger partial charge in [0.15, 0.2) is 0 Å². The third-order valence-electron chi connectivity index (χ3n) is 3.72. The van der Waals surface area contributed by atoms with Gasteiger partial charge in [-0.15, -0.1) is 0 Å². The molecule has 0 spiro atoms. The molecule has 7 heteroatoms. The minimum Gasteiger partial charge on any atom is -0.497 e. The van der Waals surface area contributed by atoms with Crippen LogP contribution in [0, 0.1) is 11.3 Å². The zero-order chi connectivity index (χ0) is 19.6. The zero-order valence-electron chi connectivity index (χ0n) is 15.4. The van der Waals surface area contributed by atoms with E-state index in [4.69, 9.17) is 10.00 Å². The van der Waals surface area contributed by atoms with Gasteiger partial charge >= 0.3 is 0 Å². The average Bonchev–Trinajstić information content (AvgIpc) is 2.64. The third kappa shape index (κ3) is 6.80. The second-order valence-electron chi connectivity index (χ2n) is 6.03. The Morgan fingerprint density at radius 3 is 1.89 bits per heavy atom. The average molecular weight is 366 g/mol. The number of rotatable bonds is 8. The normalized spacial score (nSPS) is 10.1. The summed E-state index contributed by atoms with van der Waals surface area (Å²) < 4.78 is 5.07. The highest BCUT2D eigenvalue weighted by molar-refractivity contribution is 5.94. The molecule has 0 fully saturated rings. The van der Waals surface area contributed by atoms with Crippen LogP contribution in [-0.2, 0) is 16.0 Å². The molecule has 2 rings (SSSR count). The van der Waals surface area contributed by atoms with E-state index in [-0.39, 0.29) is 24.9 Å². The highest BCUT2D eigenvalue weighted by Crippen LogP contribution is 2.15. The molecule has 0 saturated heterocycles. The van der Waals surface area contributed by atoms with Gasteiger partial charge in [-0.1, -0.05) is 12.1 Å². The molecular weight excluding hydrogens is 344 g/mol. The third-order valence-corrected chi connectivity index (χ3v) is 3.72. The fourth-order valence-electron chi connectivity index (χ4n) is 2.42. The Hall–Kier alpha value is -3.37. The number of anilines is 2. The number of amides is 2. The van der Waals surface area contributed by atoms with E-state index >= 15 is 0 Å². The lowest BCUT2D eigenvalue weighted by molar-refractivity contribution is -0.119. The summed E-state index contributed by atoms with van der Waals surface area (Å²) in [5.41, 5.74) is 2.21. The van der Waals surface area contributed by atoms with Gasteiger partial charge in [0.2, 0.25) is 11.8 Å². The topological polar surface area (TPSA) is 94.5 Å². The summed E-state index contributed by atoms with van der Waals surface area (Å²) in [5.74, 6) is 0.279. The molecule has 0 bridgehead atoms. The van der Waals surface area contributed by atoms with E-state index in [1.165, 1.54) is 0 Å². The van der Waals surface area contributed by atoms with Crippen molar-refractivity contribution in [3.8, 4) is 11.8 Å². The molecule has 0 aliphatic heterocycles. The van der Waals surface area contributed by atoms with Crippen LogP contribution < -0.4 is 15.4 Å². The molecule has 0 heterocycles. The highest BCUT2D eigenvalue weighted by atomic mass is 16.5. The number of nitriles is 1. The number of nitrogens with one attached hydrogen (secondary N) is 2. The van der Waals surface area contributed by atoms with Crippen LogP contribution in [0.1, 0.15) is 5.56 Å². The number of nitrogens with zero attached hydrogens (tertiary/aromatic N) is 2. The molecule has 0 aliphatic carbocycles. The fraction of sp³-hybridized carbons (Fsp3) is 0.250. The molecule has 2 aromatic carbocycles. The number of ether oxygens (including phenoxy) is 1. The summed E-state index contributed by atoms with van der Waals surface area (Å²) in [6.07, 6.45) is 0.334. The van der Waals surface area contributed by atoms with Crippen LogP contribution in [0.15, 0.2) is 48.5 Å². The van der Waals surface area contributed by atoms with Gasteiger partial charge in [0.25, 0.3) is 0 Å². The lowest BCUT2D eigenvalue weighted by Gasteiger charge is -2.16. The molecule has 0 saturated carbocycles. The SMILES string of the molecule is COc1ccc(NC(=O)CN(C)CC(=O)Nc2ccc(CC#N)cc2)cc1. The maximum absolute atomic E-state index is 12.1. The van der Waals surface area contributed by atoms with Crippen LogP contribution in [0.4, 0.5) is 11.4 Å². The smallest absolute Gasteiger partial charge is 0.238 e. The Balaban J connectivity index is 1.77. The quantitative estimate of drug-likeness (QED) is 0.747. The standard InChI is InChI=1S/C20H22N4O3/c1-24(14-20(26)23-17-7-9-18(27-2)10-8-17)13-19(25)22-16-5-3-15(4-6-16)11-12-21/h3-10H,11,13-14H2,1-2H3,(H,22,25)(H,23,26). The molecule has 2 N–H and O–H groups in total. The van der Waals surface area contributed by atoms with Crippen molar-refractivity contribution in [1.82, 2.24) is 4.90 Å². The number of hydrogen-bond acceptors (Lipinski definition) is 5. The van der Waals surface area contributed by atoms with Gasteiger partial charge in [0.1, 0.15) is 5.75 Å². The Labute approximate surface area is 158 Å². The molecule has 0 unspecified atom stereocenters. The Kier molecular flexibility index (Phi) is 7.35. The maximum Gasteiger partial charge on any atom is 0.238 e. The summed E-state index contributed by atoms with van der Waals surface area (Å²) >= 11 is 0.